The van der Waals surface area contributed by atoms with Crippen molar-refractivity contribution in [2.45, 2.75) is 59.4 Å². The minimum absolute atomic E-state index is 0.0412. The fraction of sp³-hybridized carbons (Fsp3) is 0.361. The van der Waals surface area contributed by atoms with Crippen LogP contribution < -0.4 is 23.8 Å². The number of ketones is 1. The number of thiazole rings is 1. The Morgan fingerprint density at radius 2 is 1.57 bits per heavy atom. The maximum Gasteiger partial charge on any atom is 0.301 e. The highest BCUT2D eigenvalue weighted by molar-refractivity contribution is 7.22. The van der Waals surface area contributed by atoms with Gasteiger partial charge in [-0.3, -0.25) is 14.5 Å². The average molecular weight is 645 g/mol. The molecule has 1 amide bonds. The number of hydrogen-bond donors (Lipinski definition) is 1. The lowest BCUT2D eigenvalue weighted by molar-refractivity contribution is -0.132. The first kappa shape index (κ1) is 32.8. The molecule has 0 spiro atoms. The van der Waals surface area contributed by atoms with Crippen molar-refractivity contribution < 1.29 is 33.6 Å². The molecule has 1 aromatic heterocycles. The lowest BCUT2D eigenvalue weighted by atomic mass is 9.95. The number of aliphatic hydroxyl groups excluding tert-OH is 1. The topological polar surface area (TPSA) is 107 Å². The number of benzene rings is 3. The van der Waals surface area contributed by atoms with Gasteiger partial charge in [-0.05, 0) is 86.8 Å². The monoisotopic (exact) mass is 644 g/mol. The molecular formula is C36H40N2O7S. The van der Waals surface area contributed by atoms with E-state index in [1.165, 1.54) is 16.2 Å². The van der Waals surface area contributed by atoms with E-state index in [2.05, 4.69) is 6.92 Å². The molecule has 0 aliphatic carbocycles. The summed E-state index contributed by atoms with van der Waals surface area (Å²) in [5, 5.41) is 12.0. The van der Waals surface area contributed by atoms with Crippen molar-refractivity contribution in [1.29, 1.82) is 0 Å². The third-order valence-electron chi connectivity index (χ3n) is 7.50. The van der Waals surface area contributed by atoms with Crippen LogP contribution in [0.15, 0.2) is 66.2 Å². The number of aromatic nitrogens is 1. The zero-order chi connectivity index (χ0) is 32.6. The maximum atomic E-state index is 13.8. The molecule has 0 saturated carbocycles. The number of Topliss-reactive ketones (excluding diaryl/α,β-unsaturated/α-hetero) is 1. The van der Waals surface area contributed by atoms with E-state index >= 15 is 0 Å². The van der Waals surface area contributed by atoms with Gasteiger partial charge in [-0.2, -0.15) is 0 Å². The predicted octanol–water partition coefficient (Wildman–Crippen LogP) is 8.08. The van der Waals surface area contributed by atoms with Gasteiger partial charge < -0.3 is 24.1 Å². The molecule has 1 N–H and O–H groups in total. The Labute approximate surface area is 273 Å². The van der Waals surface area contributed by atoms with Gasteiger partial charge >= 0.3 is 5.91 Å². The molecule has 5 rings (SSSR count). The van der Waals surface area contributed by atoms with Crippen LogP contribution in [0.1, 0.15) is 70.5 Å². The van der Waals surface area contributed by atoms with Gasteiger partial charge in [0, 0.05) is 5.56 Å². The number of fused-ring (bicyclic) bond motifs is 1. The molecular weight excluding hydrogens is 604 g/mol. The van der Waals surface area contributed by atoms with Crippen molar-refractivity contribution >= 4 is 44.1 Å². The first-order chi connectivity index (χ1) is 22.4. The van der Waals surface area contributed by atoms with Gasteiger partial charge in [-0.25, -0.2) is 4.98 Å². The third-order valence-corrected chi connectivity index (χ3v) is 8.52. The van der Waals surface area contributed by atoms with E-state index in [0.29, 0.717) is 71.2 Å². The Hall–Kier alpha value is -4.57. The quantitative estimate of drug-likeness (QED) is 0.0599. The molecule has 2 heterocycles. The fourth-order valence-corrected chi connectivity index (χ4v) is 6.32. The molecule has 1 aliphatic rings. The second kappa shape index (κ2) is 15.1. The molecule has 0 bridgehead atoms. The molecule has 3 aromatic carbocycles. The standard InChI is InChI=1S/C36H40N2O7S/c1-5-9-10-20-45-28-18-13-24(21-29(28)43-8-4)32-31(33(39)23-11-14-25(15-12-23)44-19-6-2)34(40)35(41)38(32)36-37-27-17-16-26(42-7-3)22-30(27)46-36/h11-18,21-22,32,39H,5-10,19-20H2,1-4H3/b33-31+. The average Bonchev–Trinajstić information content (AvgIpc) is 3.60. The van der Waals surface area contributed by atoms with Gasteiger partial charge in [0.1, 0.15) is 17.3 Å². The minimum Gasteiger partial charge on any atom is -0.507 e. The predicted molar refractivity (Wildman–Crippen MR) is 180 cm³/mol. The zero-order valence-electron chi connectivity index (χ0n) is 26.7. The van der Waals surface area contributed by atoms with Crippen molar-refractivity contribution in [1.82, 2.24) is 4.98 Å². The molecule has 1 fully saturated rings. The normalized spacial score (nSPS) is 15.8. The molecule has 10 heteroatoms. The first-order valence-electron chi connectivity index (χ1n) is 15.9. The van der Waals surface area contributed by atoms with Crippen LogP contribution in [-0.2, 0) is 9.59 Å². The second-order valence-corrected chi connectivity index (χ2v) is 11.8. The molecule has 46 heavy (non-hydrogen) atoms. The first-order valence-corrected chi connectivity index (χ1v) is 16.7. The van der Waals surface area contributed by atoms with E-state index in [4.69, 9.17) is 23.9 Å². The summed E-state index contributed by atoms with van der Waals surface area (Å²) in [5.41, 5.74) is 1.58. The van der Waals surface area contributed by atoms with Crippen molar-refractivity contribution in [3.63, 3.8) is 0 Å². The number of aliphatic hydroxyl groups is 1. The van der Waals surface area contributed by atoms with E-state index in [-0.39, 0.29) is 11.3 Å². The number of nitrogens with zero attached hydrogens (tertiary/aromatic N) is 2. The number of ether oxygens (including phenoxy) is 4. The van der Waals surface area contributed by atoms with Crippen LogP contribution in [0.2, 0.25) is 0 Å². The number of rotatable bonds is 15. The SMILES string of the molecule is CCCCCOc1ccc(C2/C(=C(\O)c3ccc(OCCC)cc3)C(=O)C(=O)N2c2nc3ccc(OCC)cc3s2)cc1OCC. The van der Waals surface area contributed by atoms with E-state index in [9.17, 15) is 14.7 Å². The van der Waals surface area contributed by atoms with Gasteiger partial charge in [-0.15, -0.1) is 0 Å². The van der Waals surface area contributed by atoms with Crippen molar-refractivity contribution in [3.8, 4) is 23.0 Å². The molecule has 1 aliphatic heterocycles. The fourth-order valence-electron chi connectivity index (χ4n) is 5.30. The Kier molecular flexibility index (Phi) is 10.8. The summed E-state index contributed by atoms with van der Waals surface area (Å²) >= 11 is 1.28. The van der Waals surface area contributed by atoms with Crippen LogP contribution in [0, 0.1) is 0 Å². The van der Waals surface area contributed by atoms with E-state index in [1.54, 1.807) is 42.5 Å². The van der Waals surface area contributed by atoms with Crippen molar-refractivity contribution in [2.24, 2.45) is 0 Å². The summed E-state index contributed by atoms with van der Waals surface area (Å²) in [6, 6.07) is 16.7. The van der Waals surface area contributed by atoms with Crippen LogP contribution in [-0.4, -0.2) is 48.2 Å². The molecule has 1 atom stereocenters. The molecule has 1 saturated heterocycles. The van der Waals surface area contributed by atoms with Crippen LogP contribution in [0.4, 0.5) is 5.13 Å². The van der Waals surface area contributed by atoms with E-state index in [0.717, 1.165) is 30.4 Å². The number of hydrogen-bond acceptors (Lipinski definition) is 9. The third kappa shape index (κ3) is 6.97. The number of carbonyl (C=O) groups excluding carboxylic acids is 2. The lowest BCUT2D eigenvalue weighted by Gasteiger charge is -2.24. The van der Waals surface area contributed by atoms with Gasteiger partial charge in [0.2, 0.25) is 0 Å². The van der Waals surface area contributed by atoms with Crippen LogP contribution in [0.3, 0.4) is 0 Å². The van der Waals surface area contributed by atoms with Gasteiger partial charge in [0.05, 0.1) is 48.3 Å². The molecule has 0 radical (unpaired) electrons. The summed E-state index contributed by atoms with van der Waals surface area (Å²) in [4.78, 5) is 33.7. The number of carbonyl (C=O) groups is 2. The number of unbranched alkanes of at least 4 members (excludes halogenated alkanes) is 2. The number of amides is 1. The van der Waals surface area contributed by atoms with Crippen LogP contribution in [0.5, 0.6) is 23.0 Å². The largest absolute Gasteiger partial charge is 0.507 e. The molecule has 242 valence electrons. The van der Waals surface area contributed by atoms with E-state index in [1.807, 2.05) is 39.0 Å². The summed E-state index contributed by atoms with van der Waals surface area (Å²) in [6.07, 6.45) is 3.90. The molecule has 1 unspecified atom stereocenters. The number of anilines is 1. The Morgan fingerprint density at radius 1 is 0.804 bits per heavy atom. The minimum atomic E-state index is -0.976. The summed E-state index contributed by atoms with van der Waals surface area (Å²) in [5.74, 6) is 0.524. The van der Waals surface area contributed by atoms with Gasteiger partial charge in [-0.1, -0.05) is 44.1 Å². The molecule has 9 nitrogen and oxygen atoms in total. The van der Waals surface area contributed by atoms with E-state index < -0.39 is 17.7 Å². The van der Waals surface area contributed by atoms with Crippen molar-refractivity contribution in [3.05, 3.63) is 77.4 Å². The second-order valence-electron chi connectivity index (χ2n) is 10.8. The van der Waals surface area contributed by atoms with Crippen molar-refractivity contribution in [2.75, 3.05) is 31.3 Å². The van der Waals surface area contributed by atoms with Crippen LogP contribution >= 0.6 is 11.3 Å². The molecule has 4 aromatic rings. The summed E-state index contributed by atoms with van der Waals surface area (Å²) < 4.78 is 24.2. The summed E-state index contributed by atoms with van der Waals surface area (Å²) in [6.45, 7) is 9.94. The highest BCUT2D eigenvalue weighted by atomic mass is 32.1. The zero-order valence-corrected chi connectivity index (χ0v) is 27.5. The Morgan fingerprint density at radius 3 is 2.28 bits per heavy atom. The maximum absolute atomic E-state index is 13.8. The summed E-state index contributed by atoms with van der Waals surface area (Å²) in [7, 11) is 0. The Bertz CT molecular complexity index is 1710. The van der Waals surface area contributed by atoms with Gasteiger partial charge in [0.15, 0.2) is 16.6 Å². The Balaban J connectivity index is 1.62. The highest BCUT2D eigenvalue weighted by Gasteiger charge is 2.48. The highest BCUT2D eigenvalue weighted by Crippen LogP contribution is 2.46. The van der Waals surface area contributed by atoms with Crippen LogP contribution in [0.25, 0.3) is 16.0 Å². The smallest absolute Gasteiger partial charge is 0.301 e. The lowest BCUT2D eigenvalue weighted by Crippen LogP contribution is -2.29. The van der Waals surface area contributed by atoms with Gasteiger partial charge in [0.25, 0.3) is 5.78 Å².